The lowest BCUT2D eigenvalue weighted by atomic mass is 10.0. The lowest BCUT2D eigenvalue weighted by Crippen LogP contribution is -2.09. The number of alkyl halides is 1. The highest BCUT2D eigenvalue weighted by molar-refractivity contribution is 9.09. The van der Waals surface area contributed by atoms with Gasteiger partial charge in [-0.2, -0.15) is 0 Å². The summed E-state index contributed by atoms with van der Waals surface area (Å²) in [5, 5.41) is 0. The van der Waals surface area contributed by atoms with Crippen molar-refractivity contribution in [2.45, 2.75) is 31.5 Å². The minimum absolute atomic E-state index is 0.603. The standard InChI is InChI=1S/C10H21BrO2/c1-9(10(2)11)5-4-6-13-8-7-12-3/h9-10H,4-8H2,1-3H3. The molecule has 0 aromatic carbocycles. The lowest BCUT2D eigenvalue weighted by Gasteiger charge is -2.13. The van der Waals surface area contributed by atoms with Crippen LogP contribution in [0.25, 0.3) is 0 Å². The van der Waals surface area contributed by atoms with E-state index >= 15 is 0 Å². The van der Waals surface area contributed by atoms with Crippen molar-refractivity contribution in [3.8, 4) is 0 Å². The van der Waals surface area contributed by atoms with E-state index in [1.54, 1.807) is 7.11 Å². The van der Waals surface area contributed by atoms with Crippen molar-refractivity contribution in [3.05, 3.63) is 0 Å². The molecular weight excluding hydrogens is 232 g/mol. The van der Waals surface area contributed by atoms with Gasteiger partial charge in [0.05, 0.1) is 13.2 Å². The van der Waals surface area contributed by atoms with E-state index in [-0.39, 0.29) is 0 Å². The molecule has 0 aromatic rings. The number of hydrogen-bond donors (Lipinski definition) is 0. The maximum absolute atomic E-state index is 5.36. The van der Waals surface area contributed by atoms with Crippen LogP contribution in [0.1, 0.15) is 26.7 Å². The van der Waals surface area contributed by atoms with Crippen LogP contribution in [-0.4, -0.2) is 31.8 Å². The highest BCUT2D eigenvalue weighted by Gasteiger charge is 2.07. The fourth-order valence-corrected chi connectivity index (χ4v) is 1.25. The number of hydrogen-bond acceptors (Lipinski definition) is 2. The molecule has 0 heterocycles. The first-order chi connectivity index (χ1) is 6.18. The van der Waals surface area contributed by atoms with Crippen LogP contribution in [0.15, 0.2) is 0 Å². The van der Waals surface area contributed by atoms with Crippen molar-refractivity contribution in [1.82, 2.24) is 0 Å². The zero-order valence-electron chi connectivity index (χ0n) is 8.88. The molecular formula is C10H21BrO2. The summed E-state index contributed by atoms with van der Waals surface area (Å²) in [4.78, 5) is 0.603. The molecule has 0 rings (SSSR count). The first-order valence-corrected chi connectivity index (χ1v) is 5.80. The third kappa shape index (κ3) is 8.72. The summed E-state index contributed by atoms with van der Waals surface area (Å²) in [6, 6.07) is 0. The third-order valence-corrected chi connectivity index (χ3v) is 3.07. The highest BCUT2D eigenvalue weighted by Crippen LogP contribution is 2.16. The first kappa shape index (κ1) is 13.4. The molecule has 0 saturated carbocycles. The molecule has 0 aliphatic carbocycles. The van der Waals surface area contributed by atoms with E-state index in [1.807, 2.05) is 0 Å². The predicted octanol–water partition coefficient (Wildman–Crippen LogP) is 2.85. The van der Waals surface area contributed by atoms with E-state index in [1.165, 1.54) is 6.42 Å². The maximum Gasteiger partial charge on any atom is 0.0700 e. The Morgan fingerprint density at radius 2 is 1.85 bits per heavy atom. The molecule has 0 amide bonds. The van der Waals surface area contributed by atoms with Crippen molar-refractivity contribution < 1.29 is 9.47 Å². The molecule has 13 heavy (non-hydrogen) atoms. The van der Waals surface area contributed by atoms with Gasteiger partial charge < -0.3 is 9.47 Å². The van der Waals surface area contributed by atoms with Crippen LogP contribution in [0.5, 0.6) is 0 Å². The summed E-state index contributed by atoms with van der Waals surface area (Å²) in [5.74, 6) is 0.728. The van der Waals surface area contributed by atoms with Crippen LogP contribution in [0.4, 0.5) is 0 Å². The smallest absolute Gasteiger partial charge is 0.0700 e. The zero-order valence-corrected chi connectivity index (χ0v) is 10.5. The predicted molar refractivity (Wildman–Crippen MR) is 59.5 cm³/mol. The zero-order chi connectivity index (χ0) is 10.1. The van der Waals surface area contributed by atoms with Gasteiger partial charge in [-0.05, 0) is 18.8 Å². The molecule has 0 N–H and O–H groups in total. The van der Waals surface area contributed by atoms with E-state index in [0.717, 1.165) is 25.6 Å². The summed E-state index contributed by atoms with van der Waals surface area (Å²) < 4.78 is 10.2. The van der Waals surface area contributed by atoms with E-state index in [4.69, 9.17) is 9.47 Å². The van der Waals surface area contributed by atoms with E-state index < -0.39 is 0 Å². The Hall–Kier alpha value is 0.400. The summed E-state index contributed by atoms with van der Waals surface area (Å²) in [6.45, 7) is 6.72. The number of methoxy groups -OCH3 is 1. The Labute approximate surface area is 90.1 Å². The largest absolute Gasteiger partial charge is 0.382 e. The fourth-order valence-electron chi connectivity index (χ4n) is 0.981. The van der Waals surface area contributed by atoms with Gasteiger partial charge in [0.15, 0.2) is 0 Å². The number of halogens is 1. The molecule has 0 aromatic heterocycles. The van der Waals surface area contributed by atoms with Gasteiger partial charge in [0.1, 0.15) is 0 Å². The SMILES string of the molecule is COCCOCCCC(C)C(C)Br. The summed E-state index contributed by atoms with van der Waals surface area (Å²) in [5.41, 5.74) is 0. The minimum atomic E-state index is 0.603. The molecule has 0 saturated heterocycles. The summed E-state index contributed by atoms with van der Waals surface area (Å²) in [6.07, 6.45) is 2.36. The van der Waals surface area contributed by atoms with Crippen LogP contribution >= 0.6 is 15.9 Å². The molecule has 2 atom stereocenters. The lowest BCUT2D eigenvalue weighted by molar-refractivity contribution is 0.0675. The second-order valence-corrected chi connectivity index (χ2v) is 4.85. The van der Waals surface area contributed by atoms with Gasteiger partial charge >= 0.3 is 0 Å². The van der Waals surface area contributed by atoms with Gasteiger partial charge in [-0.15, -0.1) is 0 Å². The van der Waals surface area contributed by atoms with Crippen molar-refractivity contribution in [2.24, 2.45) is 5.92 Å². The number of ether oxygens (including phenoxy) is 2. The quantitative estimate of drug-likeness (QED) is 0.489. The number of rotatable bonds is 8. The highest BCUT2D eigenvalue weighted by atomic mass is 79.9. The normalized spacial score (nSPS) is 15.7. The average molecular weight is 253 g/mol. The van der Waals surface area contributed by atoms with Crippen LogP contribution in [-0.2, 0) is 9.47 Å². The monoisotopic (exact) mass is 252 g/mol. The van der Waals surface area contributed by atoms with Crippen LogP contribution in [0.3, 0.4) is 0 Å². The van der Waals surface area contributed by atoms with Gasteiger partial charge in [-0.3, -0.25) is 0 Å². The van der Waals surface area contributed by atoms with Gasteiger partial charge in [0.2, 0.25) is 0 Å². The Bertz CT molecular complexity index is 107. The Kier molecular flexibility index (Phi) is 9.25. The maximum atomic E-state index is 5.36. The van der Waals surface area contributed by atoms with Crippen molar-refractivity contribution >= 4 is 15.9 Å². The summed E-state index contributed by atoms with van der Waals surface area (Å²) >= 11 is 3.57. The van der Waals surface area contributed by atoms with Crippen LogP contribution in [0.2, 0.25) is 0 Å². The van der Waals surface area contributed by atoms with E-state index in [9.17, 15) is 0 Å². The fraction of sp³-hybridized carbons (Fsp3) is 1.00. The molecule has 2 unspecified atom stereocenters. The van der Waals surface area contributed by atoms with Crippen molar-refractivity contribution in [1.29, 1.82) is 0 Å². The Morgan fingerprint density at radius 3 is 2.38 bits per heavy atom. The van der Waals surface area contributed by atoms with E-state index in [0.29, 0.717) is 11.4 Å². The molecule has 2 nitrogen and oxygen atoms in total. The van der Waals surface area contributed by atoms with E-state index in [2.05, 4.69) is 29.8 Å². The van der Waals surface area contributed by atoms with Gasteiger partial charge in [0.25, 0.3) is 0 Å². The Morgan fingerprint density at radius 1 is 1.15 bits per heavy atom. The van der Waals surface area contributed by atoms with Gasteiger partial charge in [-0.25, -0.2) is 0 Å². The van der Waals surface area contributed by atoms with Crippen LogP contribution < -0.4 is 0 Å². The second-order valence-electron chi connectivity index (χ2n) is 3.40. The summed E-state index contributed by atoms with van der Waals surface area (Å²) in [7, 11) is 1.69. The minimum Gasteiger partial charge on any atom is -0.382 e. The van der Waals surface area contributed by atoms with Crippen LogP contribution in [0, 0.1) is 5.92 Å². The molecule has 0 aliphatic rings. The molecule has 3 heteroatoms. The van der Waals surface area contributed by atoms with Crippen molar-refractivity contribution in [2.75, 3.05) is 26.9 Å². The molecule has 80 valence electrons. The molecule has 0 fully saturated rings. The first-order valence-electron chi connectivity index (χ1n) is 4.89. The molecule has 0 spiro atoms. The van der Waals surface area contributed by atoms with Gasteiger partial charge in [-0.1, -0.05) is 29.8 Å². The molecule has 0 aliphatic heterocycles. The average Bonchev–Trinajstić information content (AvgIpc) is 2.10. The topological polar surface area (TPSA) is 18.5 Å². The molecule has 0 bridgehead atoms. The third-order valence-electron chi connectivity index (χ3n) is 2.16. The molecule has 0 radical (unpaired) electrons. The van der Waals surface area contributed by atoms with Gasteiger partial charge in [0, 0.05) is 18.5 Å². The second kappa shape index (κ2) is 8.97. The Balaban J connectivity index is 3.07. The van der Waals surface area contributed by atoms with Crippen molar-refractivity contribution in [3.63, 3.8) is 0 Å².